The summed E-state index contributed by atoms with van der Waals surface area (Å²) in [5.74, 6) is 0.982. The summed E-state index contributed by atoms with van der Waals surface area (Å²) >= 11 is 0. The highest BCUT2D eigenvalue weighted by atomic mass is 15.2. The number of fused-ring (bicyclic) bond motifs is 8. The second kappa shape index (κ2) is 4.22. The van der Waals surface area contributed by atoms with Crippen LogP contribution in [0, 0.1) is 0 Å². The lowest BCUT2D eigenvalue weighted by molar-refractivity contribution is 0.971. The first kappa shape index (κ1) is 13.1. The molecular weight excluding hydrogens is 308 g/mol. The second-order valence-corrected chi connectivity index (χ2v) is 6.73. The SMILES string of the molecule is Cn1c2ccccc2c2cc3c(cc21)n(C)c1nc2ccccc2n31. The molecule has 3 aromatic heterocycles. The van der Waals surface area contributed by atoms with E-state index in [9.17, 15) is 0 Å². The monoisotopic (exact) mass is 324 g/mol. The first-order valence-electron chi connectivity index (χ1n) is 8.47. The molecule has 0 aliphatic carbocycles. The average molecular weight is 324 g/mol. The van der Waals surface area contributed by atoms with Gasteiger partial charge in [-0.2, -0.15) is 0 Å². The molecule has 3 heterocycles. The van der Waals surface area contributed by atoms with Crippen LogP contribution in [0.4, 0.5) is 0 Å². The van der Waals surface area contributed by atoms with Gasteiger partial charge >= 0.3 is 0 Å². The van der Waals surface area contributed by atoms with E-state index in [2.05, 4.69) is 82.2 Å². The summed E-state index contributed by atoms with van der Waals surface area (Å²) in [4.78, 5) is 4.83. The normalized spacial score (nSPS) is 12.4. The Balaban J connectivity index is 1.92. The molecule has 3 aromatic carbocycles. The number of rotatable bonds is 0. The number of para-hydroxylation sites is 3. The maximum Gasteiger partial charge on any atom is 0.215 e. The first-order chi connectivity index (χ1) is 12.2. The number of aryl methyl sites for hydroxylation is 2. The summed E-state index contributed by atoms with van der Waals surface area (Å²) in [5, 5.41) is 2.58. The van der Waals surface area contributed by atoms with E-state index in [0.717, 1.165) is 16.8 Å². The molecule has 0 aliphatic rings. The summed E-state index contributed by atoms with van der Waals surface area (Å²) in [6, 6.07) is 21.5. The largest absolute Gasteiger partial charge is 0.344 e. The van der Waals surface area contributed by atoms with Crippen molar-refractivity contribution in [1.29, 1.82) is 0 Å². The van der Waals surface area contributed by atoms with Crippen molar-refractivity contribution in [1.82, 2.24) is 18.5 Å². The van der Waals surface area contributed by atoms with E-state index in [4.69, 9.17) is 4.98 Å². The van der Waals surface area contributed by atoms with Crippen LogP contribution in [0.15, 0.2) is 60.7 Å². The minimum atomic E-state index is 0.982. The molecule has 0 radical (unpaired) electrons. The molecule has 0 N–H and O–H groups in total. The fourth-order valence-electron chi connectivity index (χ4n) is 4.21. The molecule has 4 nitrogen and oxygen atoms in total. The predicted molar refractivity (Wildman–Crippen MR) is 103 cm³/mol. The quantitative estimate of drug-likeness (QED) is 0.400. The molecular formula is C21H16N4. The fourth-order valence-corrected chi connectivity index (χ4v) is 4.21. The lowest BCUT2D eigenvalue weighted by Gasteiger charge is -2.00. The van der Waals surface area contributed by atoms with Gasteiger partial charge in [0, 0.05) is 30.4 Å². The minimum absolute atomic E-state index is 0.982. The Kier molecular flexibility index (Phi) is 2.21. The third-order valence-corrected chi connectivity index (χ3v) is 5.46. The smallest absolute Gasteiger partial charge is 0.215 e. The molecule has 0 bridgehead atoms. The van der Waals surface area contributed by atoms with E-state index >= 15 is 0 Å². The number of hydrogen-bond donors (Lipinski definition) is 0. The zero-order valence-electron chi connectivity index (χ0n) is 14.1. The summed E-state index contributed by atoms with van der Waals surface area (Å²) in [7, 11) is 4.23. The van der Waals surface area contributed by atoms with Gasteiger partial charge in [-0.1, -0.05) is 30.3 Å². The van der Waals surface area contributed by atoms with E-state index < -0.39 is 0 Å². The van der Waals surface area contributed by atoms with E-state index in [1.807, 2.05) is 6.07 Å². The van der Waals surface area contributed by atoms with Crippen LogP contribution in [0.25, 0.3) is 49.7 Å². The molecule has 0 spiro atoms. The molecule has 120 valence electrons. The molecule has 6 rings (SSSR count). The number of benzene rings is 3. The lowest BCUT2D eigenvalue weighted by atomic mass is 10.1. The molecule has 0 amide bonds. The Morgan fingerprint density at radius 3 is 2.28 bits per heavy atom. The minimum Gasteiger partial charge on any atom is -0.344 e. The van der Waals surface area contributed by atoms with Gasteiger partial charge < -0.3 is 9.13 Å². The summed E-state index contributed by atoms with van der Waals surface area (Å²) in [5.41, 5.74) is 7.11. The maximum atomic E-state index is 4.83. The van der Waals surface area contributed by atoms with E-state index in [0.29, 0.717) is 0 Å². The summed E-state index contributed by atoms with van der Waals surface area (Å²) in [6.07, 6.45) is 0. The van der Waals surface area contributed by atoms with Crippen molar-refractivity contribution in [2.75, 3.05) is 0 Å². The molecule has 0 aliphatic heterocycles. The van der Waals surface area contributed by atoms with E-state index in [1.54, 1.807) is 0 Å². The van der Waals surface area contributed by atoms with E-state index in [-0.39, 0.29) is 0 Å². The van der Waals surface area contributed by atoms with Crippen molar-refractivity contribution in [3.8, 4) is 0 Å². The second-order valence-electron chi connectivity index (χ2n) is 6.73. The van der Waals surface area contributed by atoms with Gasteiger partial charge in [0.2, 0.25) is 5.78 Å². The van der Waals surface area contributed by atoms with Crippen molar-refractivity contribution < 1.29 is 0 Å². The molecule has 25 heavy (non-hydrogen) atoms. The van der Waals surface area contributed by atoms with Gasteiger partial charge in [0.15, 0.2) is 0 Å². The van der Waals surface area contributed by atoms with Crippen LogP contribution in [0.3, 0.4) is 0 Å². The van der Waals surface area contributed by atoms with Gasteiger partial charge in [0.05, 0.1) is 27.6 Å². The van der Waals surface area contributed by atoms with Crippen molar-refractivity contribution in [3.63, 3.8) is 0 Å². The topological polar surface area (TPSA) is 27.2 Å². The Labute approximate surface area is 143 Å². The first-order valence-corrected chi connectivity index (χ1v) is 8.47. The summed E-state index contributed by atoms with van der Waals surface area (Å²) in [6.45, 7) is 0. The Morgan fingerprint density at radius 1 is 0.640 bits per heavy atom. The molecule has 4 heteroatoms. The van der Waals surface area contributed by atoms with Crippen LogP contribution in [0.2, 0.25) is 0 Å². The van der Waals surface area contributed by atoms with Gasteiger partial charge in [-0.05, 0) is 30.3 Å². The molecule has 0 fully saturated rings. The third kappa shape index (κ3) is 1.45. The number of imidazole rings is 2. The van der Waals surface area contributed by atoms with Gasteiger partial charge in [0.1, 0.15) is 0 Å². The van der Waals surface area contributed by atoms with Crippen LogP contribution in [-0.2, 0) is 14.1 Å². The van der Waals surface area contributed by atoms with Crippen molar-refractivity contribution in [2.24, 2.45) is 14.1 Å². The standard InChI is InChI=1S/C21H16N4/c1-23-16-9-5-3-7-13(16)14-11-20-19(12-18(14)23)24(2)21-22-15-8-4-6-10-17(15)25(20)21/h3-12H,1-2H3. The Hall–Kier alpha value is -3.27. The summed E-state index contributed by atoms with van der Waals surface area (Å²) < 4.78 is 6.73. The van der Waals surface area contributed by atoms with E-state index in [1.165, 1.54) is 32.8 Å². The highest BCUT2D eigenvalue weighted by Crippen LogP contribution is 2.33. The van der Waals surface area contributed by atoms with Crippen molar-refractivity contribution in [3.05, 3.63) is 60.7 Å². The lowest BCUT2D eigenvalue weighted by Crippen LogP contribution is -1.90. The molecule has 0 saturated heterocycles. The van der Waals surface area contributed by atoms with Gasteiger partial charge in [-0.15, -0.1) is 0 Å². The number of hydrogen-bond acceptors (Lipinski definition) is 1. The van der Waals surface area contributed by atoms with Gasteiger partial charge in [-0.25, -0.2) is 4.98 Å². The highest BCUT2D eigenvalue weighted by Gasteiger charge is 2.16. The highest BCUT2D eigenvalue weighted by molar-refractivity contribution is 6.12. The van der Waals surface area contributed by atoms with Crippen molar-refractivity contribution in [2.45, 2.75) is 0 Å². The zero-order valence-corrected chi connectivity index (χ0v) is 14.1. The molecule has 0 saturated carbocycles. The Bertz CT molecular complexity index is 1460. The third-order valence-electron chi connectivity index (χ3n) is 5.46. The fraction of sp³-hybridized carbons (Fsp3) is 0.0952. The van der Waals surface area contributed by atoms with Gasteiger partial charge in [-0.3, -0.25) is 4.40 Å². The predicted octanol–water partition coefficient (Wildman–Crippen LogP) is 4.62. The van der Waals surface area contributed by atoms with Crippen LogP contribution < -0.4 is 0 Å². The maximum absolute atomic E-state index is 4.83. The zero-order chi connectivity index (χ0) is 16.7. The molecule has 0 atom stereocenters. The van der Waals surface area contributed by atoms with Crippen LogP contribution in [-0.4, -0.2) is 18.5 Å². The van der Waals surface area contributed by atoms with Crippen LogP contribution in [0.5, 0.6) is 0 Å². The average Bonchev–Trinajstić information content (AvgIpc) is 3.25. The van der Waals surface area contributed by atoms with Gasteiger partial charge in [0.25, 0.3) is 0 Å². The Morgan fingerprint density at radius 2 is 1.40 bits per heavy atom. The van der Waals surface area contributed by atoms with Crippen LogP contribution >= 0.6 is 0 Å². The van der Waals surface area contributed by atoms with Crippen molar-refractivity contribution >= 4 is 49.7 Å². The number of aromatic nitrogens is 4. The number of nitrogens with zero attached hydrogens (tertiary/aromatic N) is 4. The molecule has 0 unspecified atom stereocenters. The molecule has 6 aromatic rings. The van der Waals surface area contributed by atoms with Crippen LogP contribution in [0.1, 0.15) is 0 Å².